The molecule has 0 aromatic heterocycles. The molecule has 1 aliphatic carbocycles. The van der Waals surface area contributed by atoms with Gasteiger partial charge in [0.15, 0.2) is 0 Å². The van der Waals surface area contributed by atoms with Crippen LogP contribution in [0.1, 0.15) is 141 Å². The van der Waals surface area contributed by atoms with Crippen molar-refractivity contribution in [3.63, 3.8) is 0 Å². The Labute approximate surface area is 273 Å². The predicted molar refractivity (Wildman–Crippen MR) is 195 cm³/mol. The van der Waals surface area contributed by atoms with E-state index in [-0.39, 0.29) is 5.41 Å². The first kappa shape index (κ1) is 32.9. The summed E-state index contributed by atoms with van der Waals surface area (Å²) in [5.41, 5.74) is 25.0. The molecule has 4 aromatic carbocycles. The minimum Gasteiger partial charge on any atom is -0.399 e. The predicted octanol–water partition coefficient (Wildman–Crippen LogP) is 11.6. The van der Waals surface area contributed by atoms with Crippen molar-refractivity contribution in [3.05, 3.63) is 129 Å². The number of nitrogen functional groups attached to an aromatic ring is 2. The van der Waals surface area contributed by atoms with Gasteiger partial charge in [0.2, 0.25) is 0 Å². The summed E-state index contributed by atoms with van der Waals surface area (Å²) in [4.78, 5) is 0. The Bertz CT molecular complexity index is 1420. The van der Waals surface area contributed by atoms with E-state index in [2.05, 4.69) is 120 Å². The smallest absolute Gasteiger partial charge is 0.0316 e. The second-order valence-electron chi connectivity index (χ2n) is 13.9. The van der Waals surface area contributed by atoms with Crippen molar-refractivity contribution < 1.29 is 0 Å². The zero-order valence-corrected chi connectivity index (χ0v) is 28.5. The van der Waals surface area contributed by atoms with E-state index in [9.17, 15) is 0 Å². The summed E-state index contributed by atoms with van der Waals surface area (Å²) in [5, 5.41) is 0. The molecule has 238 valence electrons. The van der Waals surface area contributed by atoms with E-state index in [1.165, 1.54) is 95.9 Å². The fourth-order valence-corrected chi connectivity index (χ4v) is 8.41. The molecule has 4 aromatic rings. The minimum absolute atomic E-state index is 0.0654. The van der Waals surface area contributed by atoms with Gasteiger partial charge in [-0.2, -0.15) is 0 Å². The number of aryl methyl sites for hydroxylation is 2. The Morgan fingerprint density at radius 1 is 0.622 bits per heavy atom. The normalized spacial score (nSPS) is 19.7. The summed E-state index contributed by atoms with van der Waals surface area (Å²) in [6.45, 7) is 11.3. The van der Waals surface area contributed by atoms with Crippen molar-refractivity contribution in [1.82, 2.24) is 0 Å². The van der Waals surface area contributed by atoms with Crippen LogP contribution in [0.15, 0.2) is 84.9 Å². The summed E-state index contributed by atoms with van der Waals surface area (Å²) in [6.07, 6.45) is 12.7. The lowest BCUT2D eigenvalue weighted by Gasteiger charge is -2.42. The van der Waals surface area contributed by atoms with E-state index in [1.807, 2.05) is 0 Å². The van der Waals surface area contributed by atoms with Crippen LogP contribution in [-0.4, -0.2) is 0 Å². The van der Waals surface area contributed by atoms with Gasteiger partial charge in [-0.3, -0.25) is 0 Å². The number of hydrogen-bond donors (Lipinski definition) is 2. The van der Waals surface area contributed by atoms with E-state index in [4.69, 9.17) is 11.5 Å². The molecule has 0 heterocycles. The number of anilines is 2. The van der Waals surface area contributed by atoms with Crippen LogP contribution < -0.4 is 11.5 Å². The molecule has 0 amide bonds. The zero-order valence-electron chi connectivity index (χ0n) is 28.5. The molecular formula is C43H56N2. The second-order valence-corrected chi connectivity index (χ2v) is 13.9. The molecule has 2 atom stereocenters. The monoisotopic (exact) mass is 600 g/mol. The van der Waals surface area contributed by atoms with Crippen LogP contribution in [0.4, 0.5) is 11.4 Å². The summed E-state index contributed by atoms with van der Waals surface area (Å²) in [7, 11) is 0. The highest BCUT2D eigenvalue weighted by Crippen LogP contribution is 2.48. The lowest BCUT2D eigenvalue weighted by molar-refractivity contribution is 0.250. The first-order valence-electron chi connectivity index (χ1n) is 17.7. The maximum Gasteiger partial charge on any atom is 0.0316 e. The van der Waals surface area contributed by atoms with Gasteiger partial charge in [-0.05, 0) is 127 Å². The Morgan fingerprint density at radius 2 is 1.07 bits per heavy atom. The lowest BCUT2D eigenvalue weighted by Crippen LogP contribution is -2.33. The molecule has 0 spiro atoms. The zero-order chi connectivity index (χ0) is 32.0. The largest absolute Gasteiger partial charge is 0.399 e. The summed E-state index contributed by atoms with van der Waals surface area (Å²) in [5.74, 6) is 1.62. The van der Waals surface area contributed by atoms with E-state index in [0.29, 0.717) is 11.8 Å². The summed E-state index contributed by atoms with van der Waals surface area (Å²) in [6, 6.07) is 32.3. The molecule has 1 aliphatic rings. The number of hydrogen-bond acceptors (Lipinski definition) is 2. The minimum atomic E-state index is 0.0654. The van der Waals surface area contributed by atoms with Gasteiger partial charge >= 0.3 is 0 Å². The molecular weight excluding hydrogens is 544 g/mol. The highest BCUT2D eigenvalue weighted by molar-refractivity contribution is 5.50. The van der Waals surface area contributed by atoms with Gasteiger partial charge in [0.05, 0.1) is 0 Å². The first-order valence-corrected chi connectivity index (χ1v) is 17.7. The Hall–Kier alpha value is -3.52. The second kappa shape index (κ2) is 14.7. The van der Waals surface area contributed by atoms with Gasteiger partial charge in [0.1, 0.15) is 0 Å². The third kappa shape index (κ3) is 7.16. The van der Waals surface area contributed by atoms with E-state index in [1.54, 1.807) is 0 Å². The van der Waals surface area contributed by atoms with E-state index < -0.39 is 0 Å². The van der Waals surface area contributed by atoms with Crippen LogP contribution in [-0.2, 0) is 5.41 Å². The van der Waals surface area contributed by atoms with E-state index >= 15 is 0 Å². The highest BCUT2D eigenvalue weighted by Gasteiger charge is 2.38. The molecule has 2 unspecified atom stereocenters. The Kier molecular flexibility index (Phi) is 10.7. The maximum absolute atomic E-state index is 6.09. The third-order valence-electron chi connectivity index (χ3n) is 11.1. The van der Waals surface area contributed by atoms with Crippen LogP contribution in [0.5, 0.6) is 0 Å². The quantitative estimate of drug-likeness (QED) is 0.125. The molecule has 4 N–H and O–H groups in total. The van der Waals surface area contributed by atoms with Crippen molar-refractivity contribution in [2.45, 2.75) is 116 Å². The fraction of sp³-hybridized carbons (Fsp3) is 0.442. The van der Waals surface area contributed by atoms with Crippen molar-refractivity contribution in [1.29, 1.82) is 0 Å². The van der Waals surface area contributed by atoms with Crippen molar-refractivity contribution in [2.24, 2.45) is 5.92 Å². The van der Waals surface area contributed by atoms with Crippen LogP contribution in [0.25, 0.3) is 0 Å². The van der Waals surface area contributed by atoms with Gasteiger partial charge in [-0.15, -0.1) is 0 Å². The Balaban J connectivity index is 1.47. The number of benzene rings is 4. The molecule has 0 bridgehead atoms. The van der Waals surface area contributed by atoms with Gasteiger partial charge < -0.3 is 11.5 Å². The van der Waals surface area contributed by atoms with Gasteiger partial charge in [0.25, 0.3) is 0 Å². The molecule has 0 aliphatic heterocycles. The number of unbranched alkanes of at least 4 members (excludes halogenated alkanes) is 2. The van der Waals surface area contributed by atoms with Crippen molar-refractivity contribution in [3.8, 4) is 0 Å². The molecule has 2 heteroatoms. The SMILES string of the molecule is CCCCCC1CCC(c2ccc(C(CC)c3ccc(N)cc3C)cc2)(c2ccc(C(CC)c3ccc(N)cc3C)cc2)CC1. The highest BCUT2D eigenvalue weighted by atomic mass is 14.5. The molecule has 1 fully saturated rings. The van der Waals surface area contributed by atoms with Crippen LogP contribution in [0.3, 0.4) is 0 Å². The number of nitrogens with two attached hydrogens (primary N) is 2. The first-order chi connectivity index (χ1) is 21.8. The van der Waals surface area contributed by atoms with Gasteiger partial charge in [-0.25, -0.2) is 0 Å². The molecule has 1 saturated carbocycles. The van der Waals surface area contributed by atoms with Crippen LogP contribution >= 0.6 is 0 Å². The average Bonchev–Trinajstić information content (AvgIpc) is 3.05. The molecule has 0 saturated heterocycles. The molecule has 5 rings (SSSR count). The maximum atomic E-state index is 6.09. The summed E-state index contributed by atoms with van der Waals surface area (Å²) < 4.78 is 0. The summed E-state index contributed by atoms with van der Waals surface area (Å²) >= 11 is 0. The Morgan fingerprint density at radius 3 is 1.44 bits per heavy atom. The molecule has 2 nitrogen and oxygen atoms in total. The van der Waals surface area contributed by atoms with Crippen LogP contribution in [0.2, 0.25) is 0 Å². The van der Waals surface area contributed by atoms with Gasteiger partial charge in [0, 0.05) is 28.6 Å². The van der Waals surface area contributed by atoms with Gasteiger partial charge in [-0.1, -0.05) is 107 Å². The standard InChI is InChI=1S/C43H56N2/c1-6-9-10-11-32-24-26-43(27-25-32,35-16-12-33(13-17-35)39(7-2)41-22-20-37(44)28-30(41)4)36-18-14-34(15-19-36)40(8-3)42-23-21-38(45)29-31(42)5/h12-23,28-29,32,39-40H,6-11,24-27,44-45H2,1-5H3. The third-order valence-corrected chi connectivity index (χ3v) is 11.1. The molecule has 45 heavy (non-hydrogen) atoms. The van der Waals surface area contributed by atoms with Crippen molar-refractivity contribution in [2.75, 3.05) is 11.5 Å². The van der Waals surface area contributed by atoms with Crippen molar-refractivity contribution >= 4 is 11.4 Å². The average molecular weight is 601 g/mol. The molecule has 0 radical (unpaired) electrons. The van der Waals surface area contributed by atoms with Crippen LogP contribution in [0, 0.1) is 19.8 Å². The number of rotatable bonds is 12. The fourth-order valence-electron chi connectivity index (χ4n) is 8.41. The topological polar surface area (TPSA) is 52.0 Å². The van der Waals surface area contributed by atoms with E-state index in [0.717, 1.165) is 30.1 Å². The lowest BCUT2D eigenvalue weighted by atomic mass is 9.62.